The molecule has 178 valence electrons. The minimum absolute atomic E-state index is 0.0656. The van der Waals surface area contributed by atoms with Gasteiger partial charge in [0.05, 0.1) is 11.3 Å². The van der Waals surface area contributed by atoms with E-state index in [9.17, 15) is 13.2 Å². The van der Waals surface area contributed by atoms with Crippen LogP contribution >= 0.6 is 0 Å². The monoisotopic (exact) mass is 477 g/mol. The van der Waals surface area contributed by atoms with Gasteiger partial charge in [-0.05, 0) is 59.6 Å². The number of pyridine rings is 2. The minimum atomic E-state index is -4.56. The van der Waals surface area contributed by atoms with Crippen molar-refractivity contribution in [3.63, 3.8) is 0 Å². The maximum absolute atomic E-state index is 13.9. The van der Waals surface area contributed by atoms with Gasteiger partial charge in [0.25, 0.3) is 0 Å². The summed E-state index contributed by atoms with van der Waals surface area (Å²) in [6, 6.07) is 17.4. The van der Waals surface area contributed by atoms with E-state index in [0.717, 1.165) is 17.3 Å². The van der Waals surface area contributed by atoms with Crippen molar-refractivity contribution in [2.45, 2.75) is 45.6 Å². The molecule has 0 atom stereocenters. The zero-order valence-corrected chi connectivity index (χ0v) is 19.5. The first-order valence-corrected chi connectivity index (χ1v) is 11.2. The predicted octanol–water partition coefficient (Wildman–Crippen LogP) is 8.26. The van der Waals surface area contributed by atoms with E-state index in [1.165, 1.54) is 12.1 Å². The summed E-state index contributed by atoms with van der Waals surface area (Å²) in [6.45, 7) is 3.84. The van der Waals surface area contributed by atoms with Crippen molar-refractivity contribution >= 4 is 22.1 Å². The summed E-state index contributed by atoms with van der Waals surface area (Å²) in [5, 5.41) is 1.28. The van der Waals surface area contributed by atoms with E-state index in [2.05, 4.69) is 30.7 Å². The number of halogens is 3. The van der Waals surface area contributed by atoms with Gasteiger partial charge in [-0.25, -0.2) is 4.98 Å². The Morgan fingerprint density at radius 1 is 0.943 bits per heavy atom. The lowest BCUT2D eigenvalue weighted by Gasteiger charge is -2.19. The highest BCUT2D eigenvalue weighted by Gasteiger charge is 2.34. The predicted molar refractivity (Wildman–Crippen MR) is 132 cm³/mol. The standard InChI is InChI=1S/C29H25F3N2O/c1-17-8-13-22-21-6-5-7-23(26(21)35-27(22)34-17)25-15-19(24(16-33-25)29(30,31)32)14-18-9-11-20(12-10-18)28(2,3)4/h5-13,15-16H,14H2,1-4H3/i1D3. The molecule has 0 aliphatic heterocycles. The third kappa shape index (κ3) is 4.41. The number of aryl methyl sites for hydroxylation is 1. The molecule has 35 heavy (non-hydrogen) atoms. The number of fused-ring (bicyclic) bond motifs is 3. The van der Waals surface area contributed by atoms with Crippen molar-refractivity contribution in [3.05, 3.63) is 94.8 Å². The Labute approximate surface area is 205 Å². The highest BCUT2D eigenvalue weighted by atomic mass is 19.4. The third-order valence-corrected chi connectivity index (χ3v) is 6.15. The van der Waals surface area contributed by atoms with Gasteiger partial charge in [0.2, 0.25) is 5.71 Å². The van der Waals surface area contributed by atoms with Crippen LogP contribution in [0.25, 0.3) is 33.3 Å². The van der Waals surface area contributed by atoms with Crippen LogP contribution in [0.1, 0.15) is 52.8 Å². The first-order chi connectivity index (χ1) is 17.7. The molecule has 0 radical (unpaired) electrons. The Bertz CT molecular complexity index is 1650. The summed E-state index contributed by atoms with van der Waals surface area (Å²) < 4.78 is 70.6. The van der Waals surface area contributed by atoms with Crippen molar-refractivity contribution in [2.75, 3.05) is 0 Å². The average molecular weight is 478 g/mol. The summed E-state index contributed by atoms with van der Waals surface area (Å²) in [4.78, 5) is 8.31. The number of benzene rings is 2. The van der Waals surface area contributed by atoms with Gasteiger partial charge in [-0.2, -0.15) is 13.2 Å². The highest BCUT2D eigenvalue weighted by molar-refractivity contribution is 6.08. The molecule has 0 unspecified atom stereocenters. The van der Waals surface area contributed by atoms with Crippen LogP contribution in [0.15, 0.2) is 71.3 Å². The quantitative estimate of drug-likeness (QED) is 0.263. The first kappa shape index (κ1) is 19.6. The summed E-state index contributed by atoms with van der Waals surface area (Å²) in [5.41, 5.74) is 2.33. The molecular formula is C29H25F3N2O. The molecule has 0 amide bonds. The second-order valence-corrected chi connectivity index (χ2v) is 9.68. The number of hydrogen-bond acceptors (Lipinski definition) is 3. The van der Waals surface area contributed by atoms with Crippen molar-refractivity contribution in [2.24, 2.45) is 0 Å². The van der Waals surface area contributed by atoms with Crippen LogP contribution < -0.4 is 0 Å². The molecule has 0 saturated heterocycles. The molecule has 0 fully saturated rings. The van der Waals surface area contributed by atoms with Crippen LogP contribution in [0.2, 0.25) is 0 Å². The zero-order valence-electron chi connectivity index (χ0n) is 22.5. The molecule has 0 spiro atoms. The minimum Gasteiger partial charge on any atom is -0.437 e. The largest absolute Gasteiger partial charge is 0.437 e. The summed E-state index contributed by atoms with van der Waals surface area (Å²) in [6.07, 6.45) is -3.62. The molecule has 5 rings (SSSR count). The van der Waals surface area contributed by atoms with Gasteiger partial charge in [0.1, 0.15) is 5.58 Å². The maximum Gasteiger partial charge on any atom is 0.418 e. The summed E-state index contributed by atoms with van der Waals surface area (Å²) in [7, 11) is 0. The molecule has 5 aromatic rings. The molecule has 0 aliphatic carbocycles. The van der Waals surface area contributed by atoms with Crippen LogP contribution in [-0.2, 0) is 18.0 Å². The molecule has 3 aromatic heterocycles. The van der Waals surface area contributed by atoms with Crippen molar-refractivity contribution in [3.8, 4) is 11.3 Å². The van der Waals surface area contributed by atoms with Crippen molar-refractivity contribution < 1.29 is 21.7 Å². The van der Waals surface area contributed by atoms with Crippen LogP contribution in [0.3, 0.4) is 0 Å². The fourth-order valence-corrected chi connectivity index (χ4v) is 4.27. The van der Waals surface area contributed by atoms with Crippen LogP contribution in [0.4, 0.5) is 13.2 Å². The molecule has 0 bridgehead atoms. The van der Waals surface area contributed by atoms with Gasteiger partial charge in [-0.3, -0.25) is 4.98 Å². The Kier molecular flexibility index (Phi) is 4.61. The van der Waals surface area contributed by atoms with Gasteiger partial charge < -0.3 is 4.42 Å². The van der Waals surface area contributed by atoms with Crippen LogP contribution in [-0.4, -0.2) is 9.97 Å². The molecule has 3 nitrogen and oxygen atoms in total. The molecule has 0 N–H and O–H groups in total. The van der Waals surface area contributed by atoms with Crippen LogP contribution in [0, 0.1) is 6.85 Å². The third-order valence-electron chi connectivity index (χ3n) is 6.15. The molecule has 0 aliphatic rings. The maximum atomic E-state index is 13.9. The van der Waals surface area contributed by atoms with E-state index in [4.69, 9.17) is 8.53 Å². The average Bonchev–Trinajstić information content (AvgIpc) is 3.21. The fourth-order valence-electron chi connectivity index (χ4n) is 4.27. The fraction of sp³-hybridized carbons (Fsp3) is 0.241. The van der Waals surface area contributed by atoms with E-state index >= 15 is 0 Å². The Hall–Kier alpha value is -3.67. The summed E-state index contributed by atoms with van der Waals surface area (Å²) in [5.74, 6) is 0. The summed E-state index contributed by atoms with van der Waals surface area (Å²) >= 11 is 0. The molecule has 3 heterocycles. The molecule has 6 heteroatoms. The molecule has 2 aromatic carbocycles. The number of nitrogens with zero attached hydrogens (tertiary/aromatic N) is 2. The molecule has 0 saturated carbocycles. The van der Waals surface area contributed by atoms with Gasteiger partial charge >= 0.3 is 6.18 Å². The lowest BCUT2D eigenvalue weighted by atomic mass is 9.86. The van der Waals surface area contributed by atoms with Crippen LogP contribution in [0.5, 0.6) is 0 Å². The Balaban J connectivity index is 1.62. The van der Waals surface area contributed by atoms with Gasteiger partial charge in [0.15, 0.2) is 0 Å². The zero-order chi connectivity index (χ0) is 27.5. The van der Waals surface area contributed by atoms with E-state index in [1.807, 2.05) is 24.3 Å². The van der Waals surface area contributed by atoms with E-state index in [-0.39, 0.29) is 28.8 Å². The topological polar surface area (TPSA) is 38.9 Å². The lowest BCUT2D eigenvalue weighted by molar-refractivity contribution is -0.138. The van der Waals surface area contributed by atoms with Gasteiger partial charge in [-0.1, -0.05) is 57.2 Å². The van der Waals surface area contributed by atoms with Crippen molar-refractivity contribution in [1.29, 1.82) is 0 Å². The number of alkyl halides is 3. The van der Waals surface area contributed by atoms with E-state index in [1.54, 1.807) is 24.3 Å². The second kappa shape index (κ2) is 8.22. The van der Waals surface area contributed by atoms with Gasteiger partial charge in [0, 0.05) is 32.3 Å². The molecular weight excluding hydrogens is 449 g/mol. The number of para-hydroxylation sites is 1. The second-order valence-electron chi connectivity index (χ2n) is 9.68. The lowest BCUT2D eigenvalue weighted by Crippen LogP contribution is -2.12. The number of furan rings is 1. The number of hydrogen-bond donors (Lipinski definition) is 0. The Morgan fingerprint density at radius 3 is 2.40 bits per heavy atom. The van der Waals surface area contributed by atoms with Gasteiger partial charge in [-0.15, -0.1) is 0 Å². The smallest absolute Gasteiger partial charge is 0.418 e. The SMILES string of the molecule is [2H]C([2H])([2H])c1ccc2c(n1)oc1c(-c3cc(Cc4ccc(C(C)(C)C)cc4)c(C(F)(F)F)cn3)cccc12. The Morgan fingerprint density at radius 2 is 1.71 bits per heavy atom. The number of rotatable bonds is 3. The van der Waals surface area contributed by atoms with E-state index < -0.39 is 18.6 Å². The van der Waals surface area contributed by atoms with E-state index in [0.29, 0.717) is 27.6 Å². The van der Waals surface area contributed by atoms with Crippen molar-refractivity contribution in [1.82, 2.24) is 9.97 Å². The first-order valence-electron chi connectivity index (χ1n) is 12.7. The highest BCUT2D eigenvalue weighted by Crippen LogP contribution is 2.38. The number of aromatic nitrogens is 2. The normalized spacial score (nSPS) is 14.2.